The van der Waals surface area contributed by atoms with Crippen LogP contribution in [-0.2, 0) is 0 Å². The quantitative estimate of drug-likeness (QED) is 0.712. The highest BCUT2D eigenvalue weighted by Gasteiger charge is 2.31. The molecule has 14 heavy (non-hydrogen) atoms. The van der Waals surface area contributed by atoms with Crippen molar-refractivity contribution in [3.8, 4) is 0 Å². The molecule has 82 valence electrons. The molecule has 0 aliphatic heterocycles. The zero-order valence-corrected chi connectivity index (χ0v) is 9.76. The van der Waals surface area contributed by atoms with E-state index in [2.05, 4.69) is 19.2 Å². The van der Waals surface area contributed by atoms with Gasteiger partial charge in [0.05, 0.1) is 0 Å². The van der Waals surface area contributed by atoms with Gasteiger partial charge in [0.25, 0.3) is 0 Å². The zero-order valence-electron chi connectivity index (χ0n) is 9.76. The van der Waals surface area contributed by atoms with Gasteiger partial charge in [-0.05, 0) is 37.5 Å². The van der Waals surface area contributed by atoms with Crippen molar-refractivity contribution in [1.82, 2.24) is 5.32 Å². The van der Waals surface area contributed by atoms with E-state index in [1.165, 1.54) is 44.9 Å². The minimum atomic E-state index is 0.827. The molecule has 2 rings (SSSR count). The van der Waals surface area contributed by atoms with Crippen molar-refractivity contribution in [1.29, 1.82) is 0 Å². The van der Waals surface area contributed by atoms with Gasteiger partial charge < -0.3 is 5.32 Å². The highest BCUT2D eigenvalue weighted by molar-refractivity contribution is 4.87. The molecule has 1 nitrogen and oxygen atoms in total. The van der Waals surface area contributed by atoms with Gasteiger partial charge in [0, 0.05) is 12.1 Å². The molecule has 3 atom stereocenters. The molecule has 1 heteroatoms. The number of rotatable bonds is 2. The predicted molar refractivity (Wildman–Crippen MR) is 61.4 cm³/mol. The van der Waals surface area contributed by atoms with Gasteiger partial charge in [0.2, 0.25) is 0 Å². The Labute approximate surface area is 88.7 Å². The maximum Gasteiger partial charge on any atom is 0.00979 e. The Morgan fingerprint density at radius 1 is 0.857 bits per heavy atom. The van der Waals surface area contributed by atoms with E-state index in [9.17, 15) is 0 Å². The van der Waals surface area contributed by atoms with E-state index in [0.717, 1.165) is 23.9 Å². The molecule has 0 aromatic heterocycles. The second-order valence-electron chi connectivity index (χ2n) is 5.52. The molecule has 1 N–H and O–H groups in total. The highest BCUT2D eigenvalue weighted by Crippen LogP contribution is 2.32. The van der Waals surface area contributed by atoms with Gasteiger partial charge in [0.1, 0.15) is 0 Å². The van der Waals surface area contributed by atoms with Crippen LogP contribution in [-0.4, -0.2) is 12.1 Å². The molecule has 0 bridgehead atoms. The second-order valence-corrected chi connectivity index (χ2v) is 5.52. The first-order valence-corrected chi connectivity index (χ1v) is 6.53. The molecule has 0 amide bonds. The van der Waals surface area contributed by atoms with Gasteiger partial charge in [-0.25, -0.2) is 0 Å². The summed E-state index contributed by atoms with van der Waals surface area (Å²) in [7, 11) is 0. The molecule has 0 spiro atoms. The van der Waals surface area contributed by atoms with Crippen molar-refractivity contribution in [2.45, 2.75) is 70.9 Å². The van der Waals surface area contributed by atoms with Crippen LogP contribution in [0, 0.1) is 11.8 Å². The second kappa shape index (κ2) is 4.65. The van der Waals surface area contributed by atoms with Crippen LogP contribution in [0.2, 0.25) is 0 Å². The Balaban J connectivity index is 1.79. The minimum absolute atomic E-state index is 0.827. The predicted octanol–water partition coefficient (Wildman–Crippen LogP) is 3.34. The van der Waals surface area contributed by atoms with Gasteiger partial charge in [-0.2, -0.15) is 0 Å². The maximum absolute atomic E-state index is 3.90. The SMILES string of the molecule is CC1CCC(NC2CCCCC2)C1C. The molecule has 3 unspecified atom stereocenters. The van der Waals surface area contributed by atoms with E-state index in [1.807, 2.05) is 0 Å². The Bertz CT molecular complexity index is 172. The summed E-state index contributed by atoms with van der Waals surface area (Å²) in [6.45, 7) is 4.84. The molecular weight excluding hydrogens is 170 g/mol. The van der Waals surface area contributed by atoms with Crippen molar-refractivity contribution < 1.29 is 0 Å². The van der Waals surface area contributed by atoms with Crippen molar-refractivity contribution in [3.05, 3.63) is 0 Å². The summed E-state index contributed by atoms with van der Waals surface area (Å²) in [4.78, 5) is 0. The number of hydrogen-bond acceptors (Lipinski definition) is 1. The number of hydrogen-bond donors (Lipinski definition) is 1. The summed E-state index contributed by atoms with van der Waals surface area (Å²) in [5.74, 6) is 1.84. The third kappa shape index (κ3) is 2.31. The number of nitrogens with one attached hydrogen (secondary N) is 1. The standard InChI is InChI=1S/C13H25N/c1-10-8-9-13(11(10)2)14-12-6-4-3-5-7-12/h10-14H,3-9H2,1-2H3. The van der Waals surface area contributed by atoms with Crippen LogP contribution in [0.4, 0.5) is 0 Å². The Hall–Kier alpha value is -0.0400. The maximum atomic E-state index is 3.90. The normalized spacial score (nSPS) is 40.3. The fourth-order valence-corrected chi connectivity index (χ4v) is 3.17. The Kier molecular flexibility index (Phi) is 3.48. The van der Waals surface area contributed by atoms with E-state index in [4.69, 9.17) is 0 Å². The van der Waals surface area contributed by atoms with Crippen LogP contribution < -0.4 is 5.32 Å². The lowest BCUT2D eigenvalue weighted by Crippen LogP contribution is -2.41. The molecular formula is C13H25N. The Morgan fingerprint density at radius 2 is 1.57 bits per heavy atom. The van der Waals surface area contributed by atoms with Gasteiger partial charge in [0.15, 0.2) is 0 Å². The summed E-state index contributed by atoms with van der Waals surface area (Å²) in [5, 5.41) is 3.90. The fourth-order valence-electron chi connectivity index (χ4n) is 3.17. The summed E-state index contributed by atoms with van der Waals surface area (Å²) in [6.07, 6.45) is 10.1. The summed E-state index contributed by atoms with van der Waals surface area (Å²) < 4.78 is 0. The molecule has 2 fully saturated rings. The zero-order chi connectivity index (χ0) is 9.97. The molecule has 2 saturated carbocycles. The van der Waals surface area contributed by atoms with Crippen LogP contribution in [0.15, 0.2) is 0 Å². The first kappa shape index (κ1) is 10.5. The molecule has 0 radical (unpaired) electrons. The molecule has 0 saturated heterocycles. The van der Waals surface area contributed by atoms with E-state index in [-0.39, 0.29) is 0 Å². The first-order valence-electron chi connectivity index (χ1n) is 6.53. The van der Waals surface area contributed by atoms with Crippen LogP contribution in [0.3, 0.4) is 0 Å². The smallest absolute Gasteiger partial charge is 0.00979 e. The molecule has 2 aliphatic carbocycles. The molecule has 0 heterocycles. The molecule has 0 aromatic rings. The topological polar surface area (TPSA) is 12.0 Å². The van der Waals surface area contributed by atoms with E-state index >= 15 is 0 Å². The van der Waals surface area contributed by atoms with Crippen molar-refractivity contribution in [3.63, 3.8) is 0 Å². The average Bonchev–Trinajstić information content (AvgIpc) is 2.52. The van der Waals surface area contributed by atoms with Crippen LogP contribution in [0.25, 0.3) is 0 Å². The van der Waals surface area contributed by atoms with Gasteiger partial charge in [-0.15, -0.1) is 0 Å². The van der Waals surface area contributed by atoms with Gasteiger partial charge in [-0.1, -0.05) is 33.1 Å². The summed E-state index contributed by atoms with van der Waals surface area (Å²) in [5.41, 5.74) is 0. The summed E-state index contributed by atoms with van der Waals surface area (Å²) in [6, 6.07) is 1.68. The minimum Gasteiger partial charge on any atom is -0.311 e. The third-order valence-electron chi connectivity index (χ3n) is 4.52. The van der Waals surface area contributed by atoms with Crippen molar-refractivity contribution >= 4 is 0 Å². The highest BCUT2D eigenvalue weighted by atomic mass is 15.0. The first-order chi connectivity index (χ1) is 6.77. The third-order valence-corrected chi connectivity index (χ3v) is 4.52. The lowest BCUT2D eigenvalue weighted by molar-refractivity contribution is 0.292. The van der Waals surface area contributed by atoms with Gasteiger partial charge in [-0.3, -0.25) is 0 Å². The molecule has 0 aromatic carbocycles. The lowest BCUT2D eigenvalue weighted by Gasteiger charge is -2.29. The molecule has 2 aliphatic rings. The van der Waals surface area contributed by atoms with Crippen LogP contribution >= 0.6 is 0 Å². The van der Waals surface area contributed by atoms with Crippen LogP contribution in [0.5, 0.6) is 0 Å². The Morgan fingerprint density at radius 3 is 2.14 bits per heavy atom. The average molecular weight is 195 g/mol. The van der Waals surface area contributed by atoms with Crippen molar-refractivity contribution in [2.24, 2.45) is 11.8 Å². The van der Waals surface area contributed by atoms with E-state index in [0.29, 0.717) is 0 Å². The van der Waals surface area contributed by atoms with Crippen LogP contribution in [0.1, 0.15) is 58.8 Å². The monoisotopic (exact) mass is 195 g/mol. The van der Waals surface area contributed by atoms with Crippen molar-refractivity contribution in [2.75, 3.05) is 0 Å². The van der Waals surface area contributed by atoms with E-state index < -0.39 is 0 Å². The lowest BCUT2D eigenvalue weighted by atomic mass is 9.92. The van der Waals surface area contributed by atoms with Gasteiger partial charge >= 0.3 is 0 Å². The fraction of sp³-hybridized carbons (Fsp3) is 1.00. The summed E-state index contributed by atoms with van der Waals surface area (Å²) >= 11 is 0. The van der Waals surface area contributed by atoms with E-state index in [1.54, 1.807) is 0 Å². The largest absolute Gasteiger partial charge is 0.311 e.